The van der Waals surface area contributed by atoms with E-state index in [1.165, 1.54) is 10.4 Å². The lowest BCUT2D eigenvalue weighted by Crippen LogP contribution is -2.32. The summed E-state index contributed by atoms with van der Waals surface area (Å²) in [6, 6.07) is 3.94. The first-order chi connectivity index (χ1) is 10.2. The molecule has 2 aromatic rings. The van der Waals surface area contributed by atoms with Crippen molar-refractivity contribution >= 4 is 0 Å². The molecule has 0 amide bonds. The Kier molecular flexibility index (Phi) is 3.83. The zero-order chi connectivity index (χ0) is 14.8. The third kappa shape index (κ3) is 2.73. The Labute approximate surface area is 123 Å². The standard InChI is InChI=1S/C14H20N6O/c1-3-15-11-5-4-6-12-10(11)7-8-14(21)20(12)9-13-16-18-19(2)17-13/h7-8,11,15H,3-6,9H2,1-2H3. The molecule has 0 bridgehead atoms. The van der Waals surface area contributed by atoms with Gasteiger partial charge in [0.1, 0.15) is 0 Å². The fraction of sp³-hybridized carbons (Fsp3) is 0.571. The minimum Gasteiger partial charge on any atom is -0.310 e. The molecule has 0 aliphatic heterocycles. The zero-order valence-electron chi connectivity index (χ0n) is 12.4. The number of aromatic nitrogens is 5. The third-order valence-corrected chi connectivity index (χ3v) is 3.91. The van der Waals surface area contributed by atoms with E-state index < -0.39 is 0 Å². The molecule has 2 aromatic heterocycles. The van der Waals surface area contributed by atoms with Crippen LogP contribution in [0.25, 0.3) is 0 Å². The van der Waals surface area contributed by atoms with Crippen molar-refractivity contribution in [2.45, 2.75) is 38.8 Å². The van der Waals surface area contributed by atoms with Gasteiger partial charge in [0.15, 0.2) is 5.82 Å². The maximum atomic E-state index is 12.2. The lowest BCUT2D eigenvalue weighted by Gasteiger charge is -2.28. The van der Waals surface area contributed by atoms with Gasteiger partial charge < -0.3 is 9.88 Å². The fourth-order valence-corrected chi connectivity index (χ4v) is 3.02. The third-order valence-electron chi connectivity index (χ3n) is 3.91. The van der Waals surface area contributed by atoms with Gasteiger partial charge in [-0.05, 0) is 36.6 Å². The second-order valence-corrected chi connectivity index (χ2v) is 5.36. The Bertz CT molecular complexity index is 689. The van der Waals surface area contributed by atoms with Crippen LogP contribution in [0.5, 0.6) is 0 Å². The summed E-state index contributed by atoms with van der Waals surface area (Å²) in [6.07, 6.45) is 3.12. The van der Waals surface area contributed by atoms with Crippen LogP contribution in [0.1, 0.15) is 42.9 Å². The van der Waals surface area contributed by atoms with E-state index >= 15 is 0 Å². The Morgan fingerprint density at radius 3 is 3.00 bits per heavy atom. The van der Waals surface area contributed by atoms with E-state index in [2.05, 4.69) is 27.7 Å². The van der Waals surface area contributed by atoms with Gasteiger partial charge in [0, 0.05) is 17.8 Å². The minimum atomic E-state index is -0.00153. The molecule has 0 saturated carbocycles. The number of nitrogens with one attached hydrogen (secondary N) is 1. The highest BCUT2D eigenvalue weighted by atomic mass is 16.1. The van der Waals surface area contributed by atoms with E-state index in [0.29, 0.717) is 18.4 Å². The molecule has 1 aliphatic rings. The normalized spacial score (nSPS) is 17.7. The Morgan fingerprint density at radius 2 is 2.29 bits per heavy atom. The molecule has 0 radical (unpaired) electrons. The van der Waals surface area contributed by atoms with Gasteiger partial charge in [-0.2, -0.15) is 4.80 Å². The number of fused-ring (bicyclic) bond motifs is 1. The summed E-state index contributed by atoms with van der Waals surface area (Å²) in [5.41, 5.74) is 2.33. The van der Waals surface area contributed by atoms with Crippen molar-refractivity contribution in [3.63, 3.8) is 0 Å². The second kappa shape index (κ2) is 5.77. The summed E-state index contributed by atoms with van der Waals surface area (Å²) in [7, 11) is 1.72. The fourth-order valence-electron chi connectivity index (χ4n) is 3.02. The van der Waals surface area contributed by atoms with Crippen molar-refractivity contribution in [3.8, 4) is 0 Å². The van der Waals surface area contributed by atoms with E-state index in [0.717, 1.165) is 31.5 Å². The van der Waals surface area contributed by atoms with Crippen molar-refractivity contribution in [2.75, 3.05) is 6.54 Å². The lowest BCUT2D eigenvalue weighted by atomic mass is 9.91. The maximum absolute atomic E-state index is 12.2. The molecular formula is C14H20N6O. The van der Waals surface area contributed by atoms with Gasteiger partial charge in [0.05, 0.1) is 13.6 Å². The van der Waals surface area contributed by atoms with Gasteiger partial charge in [0.2, 0.25) is 0 Å². The summed E-state index contributed by atoms with van der Waals surface area (Å²) < 4.78 is 1.79. The quantitative estimate of drug-likeness (QED) is 0.881. The van der Waals surface area contributed by atoms with Crippen LogP contribution in [0.3, 0.4) is 0 Å². The first-order valence-electron chi connectivity index (χ1n) is 7.38. The summed E-state index contributed by atoms with van der Waals surface area (Å²) in [4.78, 5) is 13.6. The van der Waals surface area contributed by atoms with Crippen LogP contribution < -0.4 is 10.9 Å². The molecule has 0 saturated heterocycles. The maximum Gasteiger partial charge on any atom is 0.251 e. The lowest BCUT2D eigenvalue weighted by molar-refractivity contribution is 0.452. The Hall–Kier alpha value is -2.02. The summed E-state index contributed by atoms with van der Waals surface area (Å²) in [5, 5.41) is 15.5. The first-order valence-corrected chi connectivity index (χ1v) is 7.38. The van der Waals surface area contributed by atoms with Gasteiger partial charge in [-0.1, -0.05) is 13.0 Å². The van der Waals surface area contributed by atoms with Gasteiger partial charge in [-0.3, -0.25) is 4.79 Å². The number of hydrogen-bond acceptors (Lipinski definition) is 5. The number of rotatable bonds is 4. The number of nitrogens with zero attached hydrogens (tertiary/aromatic N) is 5. The molecule has 1 unspecified atom stereocenters. The number of hydrogen-bond donors (Lipinski definition) is 1. The molecule has 2 heterocycles. The zero-order valence-corrected chi connectivity index (χ0v) is 12.4. The van der Waals surface area contributed by atoms with Crippen LogP contribution in [0.15, 0.2) is 16.9 Å². The van der Waals surface area contributed by atoms with Crippen LogP contribution in [-0.2, 0) is 20.0 Å². The monoisotopic (exact) mass is 288 g/mol. The van der Waals surface area contributed by atoms with Crippen molar-refractivity contribution in [1.82, 2.24) is 30.1 Å². The van der Waals surface area contributed by atoms with Crippen LogP contribution in [0.2, 0.25) is 0 Å². The Morgan fingerprint density at radius 1 is 1.43 bits per heavy atom. The first kappa shape index (κ1) is 13.9. The smallest absolute Gasteiger partial charge is 0.251 e. The number of tetrazole rings is 1. The van der Waals surface area contributed by atoms with Crippen LogP contribution in [0, 0.1) is 0 Å². The molecule has 0 aromatic carbocycles. The van der Waals surface area contributed by atoms with E-state index in [1.54, 1.807) is 17.7 Å². The van der Waals surface area contributed by atoms with E-state index in [4.69, 9.17) is 0 Å². The predicted octanol–water partition coefficient (Wildman–Crippen LogP) is 0.407. The molecule has 7 heteroatoms. The van der Waals surface area contributed by atoms with Crippen LogP contribution in [-0.4, -0.2) is 31.3 Å². The number of pyridine rings is 1. The van der Waals surface area contributed by atoms with Crippen molar-refractivity contribution in [2.24, 2.45) is 7.05 Å². The second-order valence-electron chi connectivity index (χ2n) is 5.36. The van der Waals surface area contributed by atoms with Crippen molar-refractivity contribution < 1.29 is 0 Å². The molecule has 7 nitrogen and oxygen atoms in total. The minimum absolute atomic E-state index is 0.00153. The van der Waals surface area contributed by atoms with Gasteiger partial charge in [-0.25, -0.2) is 0 Å². The molecule has 112 valence electrons. The molecule has 21 heavy (non-hydrogen) atoms. The predicted molar refractivity (Wildman–Crippen MR) is 78.0 cm³/mol. The SMILES string of the molecule is CCNC1CCCc2c1ccc(=O)n2Cc1nnn(C)n1. The van der Waals surface area contributed by atoms with Gasteiger partial charge in [0.25, 0.3) is 5.56 Å². The Balaban J connectivity index is 2.00. The summed E-state index contributed by atoms with van der Waals surface area (Å²) >= 11 is 0. The number of aryl methyl sites for hydroxylation is 1. The van der Waals surface area contributed by atoms with Crippen LogP contribution in [0.4, 0.5) is 0 Å². The van der Waals surface area contributed by atoms with E-state index in [1.807, 2.05) is 6.07 Å². The molecular weight excluding hydrogens is 268 g/mol. The molecule has 3 rings (SSSR count). The highest BCUT2D eigenvalue weighted by Gasteiger charge is 2.22. The van der Waals surface area contributed by atoms with E-state index in [9.17, 15) is 4.79 Å². The summed E-state index contributed by atoms with van der Waals surface area (Å²) in [6.45, 7) is 3.41. The van der Waals surface area contributed by atoms with Gasteiger partial charge in [-0.15, -0.1) is 10.2 Å². The molecule has 0 spiro atoms. The molecule has 1 N–H and O–H groups in total. The molecule has 0 fully saturated rings. The van der Waals surface area contributed by atoms with Crippen molar-refractivity contribution in [1.29, 1.82) is 0 Å². The summed E-state index contributed by atoms with van der Waals surface area (Å²) in [5.74, 6) is 0.568. The molecule has 1 atom stereocenters. The topological polar surface area (TPSA) is 77.6 Å². The van der Waals surface area contributed by atoms with E-state index in [-0.39, 0.29) is 5.56 Å². The van der Waals surface area contributed by atoms with Gasteiger partial charge >= 0.3 is 0 Å². The van der Waals surface area contributed by atoms with Crippen molar-refractivity contribution in [3.05, 3.63) is 39.6 Å². The average Bonchev–Trinajstić information content (AvgIpc) is 2.88. The highest BCUT2D eigenvalue weighted by Crippen LogP contribution is 2.28. The molecule has 1 aliphatic carbocycles. The largest absolute Gasteiger partial charge is 0.310 e. The van der Waals surface area contributed by atoms with Crippen LogP contribution >= 0.6 is 0 Å². The average molecular weight is 288 g/mol. The highest BCUT2D eigenvalue weighted by molar-refractivity contribution is 5.28.